The Morgan fingerprint density at radius 1 is 1.21 bits per heavy atom. The normalized spacial score (nSPS) is 23.8. The van der Waals surface area contributed by atoms with Crippen molar-refractivity contribution in [2.75, 3.05) is 6.61 Å². The Bertz CT molecular complexity index is 371. The molecule has 0 aromatic heterocycles. The number of ether oxygens (including phenoxy) is 1. The van der Waals surface area contributed by atoms with Crippen molar-refractivity contribution in [3.63, 3.8) is 0 Å². The summed E-state index contributed by atoms with van der Waals surface area (Å²) in [7, 11) is 0. The van der Waals surface area contributed by atoms with Gasteiger partial charge in [0.05, 0.1) is 6.10 Å². The van der Waals surface area contributed by atoms with E-state index in [1.165, 1.54) is 11.1 Å². The molecule has 1 N–H and O–H groups in total. The molecule has 2 atom stereocenters. The molecule has 0 bridgehead atoms. The van der Waals surface area contributed by atoms with Gasteiger partial charge in [-0.05, 0) is 36.3 Å². The van der Waals surface area contributed by atoms with Crippen molar-refractivity contribution >= 4 is 0 Å². The number of aryl methyl sites for hydroxylation is 1. The van der Waals surface area contributed by atoms with Crippen molar-refractivity contribution in [3.8, 4) is 0 Å². The summed E-state index contributed by atoms with van der Waals surface area (Å²) in [6.45, 7) is 8.56. The van der Waals surface area contributed by atoms with Gasteiger partial charge in [-0.1, -0.05) is 45.0 Å². The SMILES string of the molecule is CCc1ccc(CNC2CCOC(C(C)C)C2)cc1. The Morgan fingerprint density at radius 3 is 2.53 bits per heavy atom. The van der Waals surface area contributed by atoms with Crippen LogP contribution in [0.25, 0.3) is 0 Å². The largest absolute Gasteiger partial charge is 0.378 e. The Kier molecular flexibility index (Phi) is 5.41. The topological polar surface area (TPSA) is 21.3 Å². The van der Waals surface area contributed by atoms with Gasteiger partial charge in [0.25, 0.3) is 0 Å². The van der Waals surface area contributed by atoms with Crippen LogP contribution < -0.4 is 5.32 Å². The molecule has 1 aromatic rings. The summed E-state index contributed by atoms with van der Waals surface area (Å²) in [5.41, 5.74) is 2.79. The highest BCUT2D eigenvalue weighted by molar-refractivity contribution is 5.22. The van der Waals surface area contributed by atoms with Crippen LogP contribution in [0.2, 0.25) is 0 Å². The monoisotopic (exact) mass is 261 g/mol. The maximum Gasteiger partial charge on any atom is 0.0612 e. The van der Waals surface area contributed by atoms with Crippen molar-refractivity contribution in [3.05, 3.63) is 35.4 Å². The van der Waals surface area contributed by atoms with E-state index in [2.05, 4.69) is 50.4 Å². The maximum atomic E-state index is 5.81. The molecule has 1 heterocycles. The molecule has 2 nitrogen and oxygen atoms in total. The van der Waals surface area contributed by atoms with Crippen LogP contribution in [0.3, 0.4) is 0 Å². The lowest BCUT2D eigenvalue weighted by Gasteiger charge is -2.32. The Morgan fingerprint density at radius 2 is 1.89 bits per heavy atom. The second-order valence-electron chi connectivity index (χ2n) is 5.93. The zero-order chi connectivity index (χ0) is 13.7. The summed E-state index contributed by atoms with van der Waals surface area (Å²) in [6.07, 6.45) is 3.82. The third kappa shape index (κ3) is 4.32. The first-order valence-corrected chi connectivity index (χ1v) is 7.61. The molecule has 0 radical (unpaired) electrons. The van der Waals surface area contributed by atoms with Crippen LogP contribution in [0.4, 0.5) is 0 Å². The molecule has 0 saturated carbocycles. The van der Waals surface area contributed by atoms with Crippen molar-refractivity contribution in [2.45, 2.75) is 58.7 Å². The minimum Gasteiger partial charge on any atom is -0.378 e. The molecule has 0 amide bonds. The van der Waals surface area contributed by atoms with E-state index < -0.39 is 0 Å². The predicted octanol–water partition coefficient (Wildman–Crippen LogP) is 3.54. The first-order valence-electron chi connectivity index (χ1n) is 7.61. The molecule has 19 heavy (non-hydrogen) atoms. The summed E-state index contributed by atoms with van der Waals surface area (Å²) in [6, 6.07) is 9.55. The molecule has 1 fully saturated rings. The van der Waals surface area contributed by atoms with E-state index in [1.54, 1.807) is 0 Å². The summed E-state index contributed by atoms with van der Waals surface area (Å²) in [5, 5.41) is 3.68. The molecule has 2 heteroatoms. The fourth-order valence-electron chi connectivity index (χ4n) is 2.63. The van der Waals surface area contributed by atoms with Crippen molar-refractivity contribution in [1.29, 1.82) is 0 Å². The number of hydrogen-bond acceptors (Lipinski definition) is 2. The molecule has 1 saturated heterocycles. The Hall–Kier alpha value is -0.860. The van der Waals surface area contributed by atoms with Gasteiger partial charge in [-0.2, -0.15) is 0 Å². The van der Waals surface area contributed by atoms with Crippen LogP contribution in [0.1, 0.15) is 44.7 Å². The van der Waals surface area contributed by atoms with Gasteiger partial charge >= 0.3 is 0 Å². The van der Waals surface area contributed by atoms with Gasteiger partial charge in [-0.3, -0.25) is 0 Å². The number of hydrogen-bond donors (Lipinski definition) is 1. The minimum absolute atomic E-state index is 0.425. The minimum atomic E-state index is 0.425. The quantitative estimate of drug-likeness (QED) is 0.875. The number of benzene rings is 1. The highest BCUT2D eigenvalue weighted by atomic mass is 16.5. The van der Waals surface area contributed by atoms with Gasteiger partial charge in [-0.15, -0.1) is 0 Å². The zero-order valence-corrected chi connectivity index (χ0v) is 12.5. The smallest absolute Gasteiger partial charge is 0.0612 e. The highest BCUT2D eigenvalue weighted by Gasteiger charge is 2.24. The highest BCUT2D eigenvalue weighted by Crippen LogP contribution is 2.20. The van der Waals surface area contributed by atoms with E-state index in [9.17, 15) is 0 Å². The second kappa shape index (κ2) is 7.06. The molecule has 0 aliphatic carbocycles. The van der Waals surface area contributed by atoms with E-state index in [1.807, 2.05) is 0 Å². The predicted molar refractivity (Wildman–Crippen MR) is 80.3 cm³/mol. The molecular formula is C17H27NO. The van der Waals surface area contributed by atoms with Crippen LogP contribution in [-0.4, -0.2) is 18.8 Å². The average molecular weight is 261 g/mol. The molecule has 1 aromatic carbocycles. The fraction of sp³-hybridized carbons (Fsp3) is 0.647. The van der Waals surface area contributed by atoms with Crippen LogP contribution >= 0.6 is 0 Å². The van der Waals surface area contributed by atoms with Crippen molar-refractivity contribution in [2.24, 2.45) is 5.92 Å². The van der Waals surface area contributed by atoms with Gasteiger partial charge in [0.1, 0.15) is 0 Å². The van der Waals surface area contributed by atoms with Gasteiger partial charge in [0.15, 0.2) is 0 Å². The summed E-state index contributed by atoms with van der Waals surface area (Å²) < 4.78 is 5.81. The summed E-state index contributed by atoms with van der Waals surface area (Å²) in [4.78, 5) is 0. The lowest BCUT2D eigenvalue weighted by molar-refractivity contribution is -0.0245. The van der Waals surface area contributed by atoms with E-state index in [0.29, 0.717) is 18.1 Å². The Balaban J connectivity index is 1.80. The maximum absolute atomic E-state index is 5.81. The molecular weight excluding hydrogens is 234 g/mol. The van der Waals surface area contributed by atoms with Crippen molar-refractivity contribution in [1.82, 2.24) is 5.32 Å². The van der Waals surface area contributed by atoms with Crippen LogP contribution in [-0.2, 0) is 17.7 Å². The third-order valence-electron chi connectivity index (χ3n) is 4.08. The van der Waals surface area contributed by atoms with Gasteiger partial charge in [-0.25, -0.2) is 0 Å². The first kappa shape index (κ1) is 14.5. The van der Waals surface area contributed by atoms with Crippen LogP contribution in [0.15, 0.2) is 24.3 Å². The van der Waals surface area contributed by atoms with Gasteiger partial charge in [0.2, 0.25) is 0 Å². The van der Waals surface area contributed by atoms with Crippen LogP contribution in [0.5, 0.6) is 0 Å². The summed E-state index contributed by atoms with van der Waals surface area (Å²) >= 11 is 0. The molecule has 2 unspecified atom stereocenters. The fourth-order valence-corrected chi connectivity index (χ4v) is 2.63. The number of nitrogens with one attached hydrogen (secondary N) is 1. The average Bonchev–Trinajstić information content (AvgIpc) is 2.46. The van der Waals surface area contributed by atoms with E-state index in [4.69, 9.17) is 4.74 Å². The Labute approximate surface area is 117 Å². The van der Waals surface area contributed by atoms with Gasteiger partial charge in [0, 0.05) is 19.2 Å². The van der Waals surface area contributed by atoms with E-state index >= 15 is 0 Å². The molecule has 1 aliphatic heterocycles. The molecule has 106 valence electrons. The lowest BCUT2D eigenvalue weighted by atomic mass is 9.95. The van der Waals surface area contributed by atoms with Crippen molar-refractivity contribution < 1.29 is 4.74 Å². The first-order chi connectivity index (χ1) is 9.19. The third-order valence-corrected chi connectivity index (χ3v) is 4.08. The van der Waals surface area contributed by atoms with E-state index in [-0.39, 0.29) is 0 Å². The summed E-state index contributed by atoms with van der Waals surface area (Å²) in [5.74, 6) is 0.619. The second-order valence-corrected chi connectivity index (χ2v) is 5.93. The van der Waals surface area contributed by atoms with Crippen LogP contribution in [0, 0.1) is 5.92 Å². The molecule has 0 spiro atoms. The van der Waals surface area contributed by atoms with Gasteiger partial charge < -0.3 is 10.1 Å². The molecule has 1 aliphatic rings. The van der Waals surface area contributed by atoms with E-state index in [0.717, 1.165) is 32.4 Å². The number of rotatable bonds is 5. The standard InChI is InChI=1S/C17H27NO/c1-4-14-5-7-15(8-6-14)12-18-16-9-10-19-17(11-16)13(2)3/h5-8,13,16-18H,4,9-12H2,1-3H3. The molecule has 2 rings (SSSR count). The zero-order valence-electron chi connectivity index (χ0n) is 12.5. The lowest BCUT2D eigenvalue weighted by Crippen LogP contribution is -2.40.